The Balaban J connectivity index is 2.41. The standard InChI is InChI=1S/C14H17Br2NO/c1-3-5-12(17-4-2)13-7-9-6-10(15)8-11(16)14(9)18-13/h6-8,12,17H,3-5H2,1-2H3. The van der Waals surface area contributed by atoms with Crippen LogP contribution >= 0.6 is 31.9 Å². The zero-order chi connectivity index (χ0) is 13.1. The van der Waals surface area contributed by atoms with Gasteiger partial charge >= 0.3 is 0 Å². The molecule has 2 rings (SSSR count). The van der Waals surface area contributed by atoms with Crippen LogP contribution in [0.3, 0.4) is 0 Å². The Kier molecular flexibility index (Phi) is 4.87. The van der Waals surface area contributed by atoms with Crippen molar-refractivity contribution in [1.29, 1.82) is 0 Å². The maximum absolute atomic E-state index is 5.99. The zero-order valence-electron chi connectivity index (χ0n) is 10.6. The number of hydrogen-bond acceptors (Lipinski definition) is 2. The molecule has 1 unspecified atom stereocenters. The lowest BCUT2D eigenvalue weighted by Crippen LogP contribution is -2.20. The molecule has 0 radical (unpaired) electrons. The van der Waals surface area contributed by atoms with Crippen LogP contribution in [-0.2, 0) is 0 Å². The number of furan rings is 1. The van der Waals surface area contributed by atoms with Crippen molar-refractivity contribution in [1.82, 2.24) is 5.32 Å². The third kappa shape index (κ3) is 2.98. The minimum Gasteiger partial charge on any atom is -0.458 e. The van der Waals surface area contributed by atoms with Crippen LogP contribution < -0.4 is 5.32 Å². The third-order valence-corrected chi connectivity index (χ3v) is 3.97. The van der Waals surface area contributed by atoms with E-state index in [-0.39, 0.29) is 0 Å². The summed E-state index contributed by atoms with van der Waals surface area (Å²) < 4.78 is 8.04. The lowest BCUT2D eigenvalue weighted by atomic mass is 10.1. The molecule has 2 nitrogen and oxygen atoms in total. The molecule has 0 fully saturated rings. The predicted molar refractivity (Wildman–Crippen MR) is 82.9 cm³/mol. The molecular weight excluding hydrogens is 358 g/mol. The lowest BCUT2D eigenvalue weighted by molar-refractivity contribution is 0.414. The average Bonchev–Trinajstić information content (AvgIpc) is 2.72. The topological polar surface area (TPSA) is 25.2 Å². The van der Waals surface area contributed by atoms with Gasteiger partial charge in [0.1, 0.15) is 11.3 Å². The van der Waals surface area contributed by atoms with Gasteiger partial charge in [-0.3, -0.25) is 0 Å². The summed E-state index contributed by atoms with van der Waals surface area (Å²) in [5, 5.41) is 4.60. The lowest BCUT2D eigenvalue weighted by Gasteiger charge is -2.13. The second kappa shape index (κ2) is 6.22. The summed E-state index contributed by atoms with van der Waals surface area (Å²) in [5.41, 5.74) is 0.923. The van der Waals surface area contributed by atoms with Crippen LogP contribution in [0.1, 0.15) is 38.5 Å². The first-order valence-electron chi connectivity index (χ1n) is 6.27. The molecule has 1 aromatic heterocycles. The first-order chi connectivity index (χ1) is 8.65. The van der Waals surface area contributed by atoms with Crippen LogP contribution in [0.4, 0.5) is 0 Å². The molecule has 0 aliphatic carbocycles. The van der Waals surface area contributed by atoms with E-state index in [0.29, 0.717) is 6.04 Å². The van der Waals surface area contributed by atoms with Crippen molar-refractivity contribution < 1.29 is 4.42 Å². The molecule has 1 heterocycles. The van der Waals surface area contributed by atoms with E-state index in [0.717, 1.165) is 45.1 Å². The predicted octanol–water partition coefficient (Wildman–Crippen LogP) is 5.41. The summed E-state index contributed by atoms with van der Waals surface area (Å²) in [4.78, 5) is 0. The van der Waals surface area contributed by atoms with E-state index in [4.69, 9.17) is 4.42 Å². The van der Waals surface area contributed by atoms with Crippen LogP contribution in [0, 0.1) is 0 Å². The van der Waals surface area contributed by atoms with E-state index in [2.05, 4.69) is 63.2 Å². The number of fused-ring (bicyclic) bond motifs is 1. The van der Waals surface area contributed by atoms with E-state index < -0.39 is 0 Å². The SMILES string of the molecule is CCCC(NCC)c1cc2cc(Br)cc(Br)c2o1. The summed E-state index contributed by atoms with van der Waals surface area (Å²) in [6, 6.07) is 6.53. The van der Waals surface area contributed by atoms with Crippen molar-refractivity contribution in [2.75, 3.05) is 6.54 Å². The van der Waals surface area contributed by atoms with Crippen molar-refractivity contribution >= 4 is 42.8 Å². The Morgan fingerprint density at radius 1 is 1.22 bits per heavy atom. The molecule has 2 aromatic rings. The highest BCUT2D eigenvalue weighted by Gasteiger charge is 2.16. The Labute approximate surface area is 124 Å². The highest BCUT2D eigenvalue weighted by Crippen LogP contribution is 2.33. The van der Waals surface area contributed by atoms with Crippen molar-refractivity contribution in [2.24, 2.45) is 0 Å². The fourth-order valence-corrected chi connectivity index (χ4v) is 3.49. The molecule has 0 saturated carbocycles. The van der Waals surface area contributed by atoms with Crippen LogP contribution in [0.25, 0.3) is 11.0 Å². The number of benzene rings is 1. The third-order valence-electron chi connectivity index (χ3n) is 2.93. The molecule has 0 spiro atoms. The second-order valence-corrected chi connectivity index (χ2v) is 6.12. The van der Waals surface area contributed by atoms with Crippen molar-refractivity contribution in [3.63, 3.8) is 0 Å². The van der Waals surface area contributed by atoms with Crippen LogP contribution in [-0.4, -0.2) is 6.54 Å². The summed E-state index contributed by atoms with van der Waals surface area (Å²) in [7, 11) is 0. The Bertz CT molecular complexity index is 530. The van der Waals surface area contributed by atoms with Gasteiger partial charge < -0.3 is 9.73 Å². The van der Waals surface area contributed by atoms with Crippen LogP contribution in [0.15, 0.2) is 31.6 Å². The summed E-state index contributed by atoms with van der Waals surface area (Å²) in [6.45, 7) is 5.27. The highest BCUT2D eigenvalue weighted by atomic mass is 79.9. The minimum atomic E-state index is 0.304. The van der Waals surface area contributed by atoms with Gasteiger partial charge in [-0.05, 0) is 47.1 Å². The monoisotopic (exact) mass is 373 g/mol. The molecule has 0 aliphatic heterocycles. The normalized spacial score (nSPS) is 13.1. The quantitative estimate of drug-likeness (QED) is 0.756. The molecule has 0 saturated heterocycles. The second-order valence-electron chi connectivity index (χ2n) is 4.35. The van der Waals surface area contributed by atoms with Crippen LogP contribution in [0.2, 0.25) is 0 Å². The molecule has 1 N–H and O–H groups in total. The van der Waals surface area contributed by atoms with E-state index >= 15 is 0 Å². The fraction of sp³-hybridized carbons (Fsp3) is 0.429. The number of nitrogens with one attached hydrogen (secondary N) is 1. The fourth-order valence-electron chi connectivity index (χ4n) is 2.15. The first-order valence-corrected chi connectivity index (χ1v) is 7.86. The van der Waals surface area contributed by atoms with Gasteiger partial charge in [0.25, 0.3) is 0 Å². The zero-order valence-corrected chi connectivity index (χ0v) is 13.8. The maximum atomic E-state index is 5.99. The van der Waals surface area contributed by atoms with E-state index in [1.807, 2.05) is 6.07 Å². The van der Waals surface area contributed by atoms with Crippen molar-refractivity contribution in [3.8, 4) is 0 Å². The van der Waals surface area contributed by atoms with Gasteiger partial charge in [-0.25, -0.2) is 0 Å². The summed E-state index contributed by atoms with van der Waals surface area (Å²) >= 11 is 7.05. The molecule has 0 bridgehead atoms. The molecule has 1 atom stereocenters. The summed E-state index contributed by atoms with van der Waals surface area (Å²) in [5.74, 6) is 1.02. The number of halogens is 2. The van der Waals surface area contributed by atoms with E-state index in [1.165, 1.54) is 0 Å². The van der Waals surface area contributed by atoms with Gasteiger partial charge in [0, 0.05) is 9.86 Å². The largest absolute Gasteiger partial charge is 0.458 e. The maximum Gasteiger partial charge on any atom is 0.148 e. The summed E-state index contributed by atoms with van der Waals surface area (Å²) in [6.07, 6.45) is 2.23. The van der Waals surface area contributed by atoms with Crippen LogP contribution in [0.5, 0.6) is 0 Å². The van der Waals surface area contributed by atoms with Gasteiger partial charge in [0.2, 0.25) is 0 Å². The number of hydrogen-bond donors (Lipinski definition) is 1. The Morgan fingerprint density at radius 2 is 2.00 bits per heavy atom. The Hall–Kier alpha value is -0.320. The molecule has 4 heteroatoms. The average molecular weight is 375 g/mol. The molecular formula is C14H17Br2NO. The van der Waals surface area contributed by atoms with Gasteiger partial charge in [0.05, 0.1) is 10.5 Å². The van der Waals surface area contributed by atoms with Gasteiger partial charge in [-0.2, -0.15) is 0 Å². The molecule has 18 heavy (non-hydrogen) atoms. The van der Waals surface area contributed by atoms with Gasteiger partial charge in [-0.1, -0.05) is 36.2 Å². The molecule has 0 amide bonds. The van der Waals surface area contributed by atoms with E-state index in [9.17, 15) is 0 Å². The van der Waals surface area contributed by atoms with Gasteiger partial charge in [0.15, 0.2) is 0 Å². The minimum absolute atomic E-state index is 0.304. The molecule has 0 aliphatic rings. The highest BCUT2D eigenvalue weighted by molar-refractivity contribution is 9.11. The molecule has 98 valence electrons. The number of rotatable bonds is 5. The Morgan fingerprint density at radius 3 is 2.67 bits per heavy atom. The molecule has 1 aromatic carbocycles. The smallest absolute Gasteiger partial charge is 0.148 e. The van der Waals surface area contributed by atoms with Gasteiger partial charge in [-0.15, -0.1) is 0 Å². The van der Waals surface area contributed by atoms with Crippen molar-refractivity contribution in [2.45, 2.75) is 32.7 Å². The van der Waals surface area contributed by atoms with E-state index in [1.54, 1.807) is 0 Å². The first kappa shape index (κ1) is 14.1. The van der Waals surface area contributed by atoms with Crippen molar-refractivity contribution in [3.05, 3.63) is 32.9 Å².